The molecule has 0 aliphatic carbocycles. The molecule has 3 rings (SSSR count). The van der Waals surface area contributed by atoms with E-state index in [0.29, 0.717) is 47.6 Å². The molecule has 0 spiro atoms. The van der Waals surface area contributed by atoms with Gasteiger partial charge in [0.05, 0.1) is 30.9 Å². The van der Waals surface area contributed by atoms with E-state index in [0.717, 1.165) is 16.9 Å². The van der Waals surface area contributed by atoms with E-state index in [2.05, 4.69) is 5.32 Å². The van der Waals surface area contributed by atoms with Crippen LogP contribution in [0.1, 0.15) is 22.3 Å². The van der Waals surface area contributed by atoms with Crippen molar-refractivity contribution < 1.29 is 19.0 Å². The van der Waals surface area contributed by atoms with Crippen molar-refractivity contribution in [2.75, 3.05) is 26.6 Å². The fourth-order valence-corrected chi connectivity index (χ4v) is 3.37. The van der Waals surface area contributed by atoms with Crippen LogP contribution < -0.4 is 19.5 Å². The van der Waals surface area contributed by atoms with E-state index in [4.69, 9.17) is 25.8 Å². The summed E-state index contributed by atoms with van der Waals surface area (Å²) in [5.74, 6) is 1.51. The second-order valence-electron chi connectivity index (χ2n) is 5.70. The van der Waals surface area contributed by atoms with Crippen LogP contribution in [0.4, 0.5) is 0 Å². The Kier molecular flexibility index (Phi) is 6.16. The molecule has 0 bridgehead atoms. The first-order valence-corrected chi connectivity index (χ1v) is 9.81. The van der Waals surface area contributed by atoms with Gasteiger partial charge in [0.15, 0.2) is 11.5 Å². The predicted octanol–water partition coefficient (Wildman–Crippen LogP) is 4.16. The monoisotopic (exact) mass is 393 g/mol. The van der Waals surface area contributed by atoms with Gasteiger partial charge in [-0.1, -0.05) is 11.6 Å². The van der Waals surface area contributed by atoms with Crippen LogP contribution in [0.2, 0.25) is 5.02 Å². The van der Waals surface area contributed by atoms with Gasteiger partial charge in [0.25, 0.3) is 5.91 Å². The molecular formula is C19H20ClNO4S. The van der Waals surface area contributed by atoms with E-state index in [9.17, 15) is 4.79 Å². The van der Waals surface area contributed by atoms with Gasteiger partial charge >= 0.3 is 0 Å². The van der Waals surface area contributed by atoms with Gasteiger partial charge in [-0.05, 0) is 42.2 Å². The fourth-order valence-electron chi connectivity index (χ4n) is 2.65. The van der Waals surface area contributed by atoms with Gasteiger partial charge in [-0.2, -0.15) is 0 Å². The maximum absolute atomic E-state index is 12.5. The van der Waals surface area contributed by atoms with E-state index in [1.165, 1.54) is 0 Å². The van der Waals surface area contributed by atoms with Crippen molar-refractivity contribution in [1.29, 1.82) is 0 Å². The molecule has 0 aromatic heterocycles. The number of thioether (sulfide) groups is 1. The molecule has 2 aromatic carbocycles. The zero-order chi connectivity index (χ0) is 18.5. The highest BCUT2D eigenvalue weighted by molar-refractivity contribution is 7.98. The molecule has 0 radical (unpaired) electrons. The molecular weight excluding hydrogens is 374 g/mol. The van der Waals surface area contributed by atoms with Crippen molar-refractivity contribution >= 4 is 29.3 Å². The number of methoxy groups -OCH3 is 1. The van der Waals surface area contributed by atoms with Crippen molar-refractivity contribution in [2.24, 2.45) is 0 Å². The SMILES string of the molecule is COc1cc(SC)ccc1C(=O)NCc1cc(Cl)c2c(c1)OCCCO2. The average Bonchev–Trinajstić information content (AvgIpc) is 2.91. The standard InChI is InChI=1S/C19H20ClNO4S/c1-23-16-10-13(26-2)4-5-14(16)19(22)21-11-12-8-15(20)18-17(9-12)24-6-3-7-25-18/h4-5,8-10H,3,6-7,11H2,1-2H3,(H,21,22). The normalized spacial score (nSPS) is 13.0. The molecule has 5 nitrogen and oxygen atoms in total. The smallest absolute Gasteiger partial charge is 0.255 e. The van der Waals surface area contributed by atoms with Gasteiger partial charge in [0.2, 0.25) is 0 Å². The maximum atomic E-state index is 12.5. The second kappa shape index (κ2) is 8.56. The highest BCUT2D eigenvalue weighted by Crippen LogP contribution is 2.38. The molecule has 7 heteroatoms. The summed E-state index contributed by atoms with van der Waals surface area (Å²) in [7, 11) is 1.56. The quantitative estimate of drug-likeness (QED) is 0.773. The number of amides is 1. The van der Waals surface area contributed by atoms with Crippen molar-refractivity contribution in [2.45, 2.75) is 17.9 Å². The number of halogens is 1. The largest absolute Gasteiger partial charge is 0.496 e. The molecule has 0 saturated carbocycles. The summed E-state index contributed by atoms with van der Waals surface area (Å²) >= 11 is 7.89. The lowest BCUT2D eigenvalue weighted by Crippen LogP contribution is -2.23. The van der Waals surface area contributed by atoms with Crippen molar-refractivity contribution in [3.05, 3.63) is 46.5 Å². The summed E-state index contributed by atoms with van der Waals surface area (Å²) in [6, 6.07) is 9.14. The Bertz CT molecular complexity index is 812. The van der Waals surface area contributed by atoms with E-state index in [1.54, 1.807) is 31.0 Å². The lowest BCUT2D eigenvalue weighted by molar-refractivity contribution is 0.0947. The number of nitrogens with one attached hydrogen (secondary N) is 1. The number of carbonyl (C=O) groups excluding carboxylic acids is 1. The predicted molar refractivity (Wildman–Crippen MR) is 103 cm³/mol. The lowest BCUT2D eigenvalue weighted by Gasteiger charge is -2.13. The fraction of sp³-hybridized carbons (Fsp3) is 0.316. The molecule has 1 heterocycles. The first-order valence-electron chi connectivity index (χ1n) is 8.20. The summed E-state index contributed by atoms with van der Waals surface area (Å²) in [5.41, 5.74) is 1.33. The van der Waals surface area contributed by atoms with Crippen LogP contribution in [0.5, 0.6) is 17.2 Å². The van der Waals surface area contributed by atoms with Crippen LogP contribution in [-0.4, -0.2) is 32.5 Å². The zero-order valence-corrected chi connectivity index (χ0v) is 16.2. The molecule has 1 aliphatic rings. The summed E-state index contributed by atoms with van der Waals surface area (Å²) in [6.45, 7) is 1.48. The third kappa shape index (κ3) is 4.19. The Morgan fingerprint density at radius 2 is 2.08 bits per heavy atom. The molecule has 0 atom stereocenters. The number of rotatable bonds is 5. The Hall–Kier alpha value is -2.05. The lowest BCUT2D eigenvalue weighted by atomic mass is 10.1. The van der Waals surface area contributed by atoms with Crippen LogP contribution >= 0.6 is 23.4 Å². The van der Waals surface area contributed by atoms with E-state index < -0.39 is 0 Å². The first kappa shape index (κ1) is 18.7. The van der Waals surface area contributed by atoms with Gasteiger partial charge in [0.1, 0.15) is 5.75 Å². The minimum atomic E-state index is -0.210. The Morgan fingerprint density at radius 1 is 1.27 bits per heavy atom. The first-order chi connectivity index (χ1) is 12.6. The molecule has 0 fully saturated rings. The van der Waals surface area contributed by atoms with Crippen molar-refractivity contribution in [3.8, 4) is 17.2 Å². The van der Waals surface area contributed by atoms with Gasteiger partial charge in [-0.15, -0.1) is 11.8 Å². The average molecular weight is 394 g/mol. The summed E-state index contributed by atoms with van der Waals surface area (Å²) in [4.78, 5) is 13.6. The number of hydrogen-bond acceptors (Lipinski definition) is 5. The van der Waals surface area contributed by atoms with Gasteiger partial charge < -0.3 is 19.5 Å². The third-order valence-corrected chi connectivity index (χ3v) is 4.97. The topological polar surface area (TPSA) is 56.8 Å². The maximum Gasteiger partial charge on any atom is 0.255 e. The van der Waals surface area contributed by atoms with E-state index in [1.807, 2.05) is 24.5 Å². The molecule has 0 unspecified atom stereocenters. The minimum absolute atomic E-state index is 0.210. The van der Waals surface area contributed by atoms with Crippen molar-refractivity contribution in [3.63, 3.8) is 0 Å². The number of hydrogen-bond donors (Lipinski definition) is 1. The Morgan fingerprint density at radius 3 is 2.85 bits per heavy atom. The second-order valence-corrected chi connectivity index (χ2v) is 6.99. The van der Waals surface area contributed by atoms with Crippen LogP contribution in [0.3, 0.4) is 0 Å². The molecule has 26 heavy (non-hydrogen) atoms. The molecule has 1 amide bonds. The van der Waals surface area contributed by atoms with E-state index >= 15 is 0 Å². The number of ether oxygens (including phenoxy) is 3. The third-order valence-electron chi connectivity index (χ3n) is 3.97. The van der Waals surface area contributed by atoms with Crippen LogP contribution in [0.25, 0.3) is 0 Å². The number of benzene rings is 2. The van der Waals surface area contributed by atoms with E-state index in [-0.39, 0.29) is 5.91 Å². The molecule has 1 N–H and O–H groups in total. The summed E-state index contributed by atoms with van der Waals surface area (Å²) in [5, 5.41) is 3.38. The highest BCUT2D eigenvalue weighted by Gasteiger charge is 2.17. The summed E-state index contributed by atoms with van der Waals surface area (Å²) < 4.78 is 16.6. The molecule has 1 aliphatic heterocycles. The van der Waals surface area contributed by atoms with Crippen LogP contribution in [0.15, 0.2) is 35.2 Å². The Balaban J connectivity index is 1.74. The summed E-state index contributed by atoms with van der Waals surface area (Å²) in [6.07, 6.45) is 2.78. The highest BCUT2D eigenvalue weighted by atomic mass is 35.5. The van der Waals surface area contributed by atoms with Gasteiger partial charge in [-0.25, -0.2) is 0 Å². The minimum Gasteiger partial charge on any atom is -0.496 e. The van der Waals surface area contributed by atoms with Gasteiger partial charge in [-0.3, -0.25) is 4.79 Å². The molecule has 0 saturated heterocycles. The van der Waals surface area contributed by atoms with Gasteiger partial charge in [0, 0.05) is 17.9 Å². The van der Waals surface area contributed by atoms with Crippen molar-refractivity contribution in [1.82, 2.24) is 5.32 Å². The molecule has 2 aromatic rings. The zero-order valence-electron chi connectivity index (χ0n) is 14.6. The number of fused-ring (bicyclic) bond motifs is 1. The molecule has 138 valence electrons. The van der Waals surface area contributed by atoms with Crippen LogP contribution in [-0.2, 0) is 6.54 Å². The number of carbonyl (C=O) groups is 1. The Labute approximate surface area is 162 Å². The van der Waals surface area contributed by atoms with Crippen LogP contribution in [0, 0.1) is 0 Å².